The van der Waals surface area contributed by atoms with Gasteiger partial charge in [-0.15, -0.1) is 0 Å². The average molecular weight is 330 g/mol. The lowest BCUT2D eigenvalue weighted by Gasteiger charge is -2.08. The molecule has 1 aromatic carbocycles. The summed E-state index contributed by atoms with van der Waals surface area (Å²) in [5.74, 6) is 0.0783. The molecule has 2 N–H and O–H groups in total. The van der Waals surface area contributed by atoms with Gasteiger partial charge < -0.3 is 15.2 Å². The van der Waals surface area contributed by atoms with Crippen LogP contribution >= 0.6 is 23.2 Å². The Hall–Kier alpha value is -1.76. The zero-order chi connectivity index (χ0) is 15.2. The molecule has 0 aliphatic rings. The molecule has 0 spiro atoms. The monoisotopic (exact) mass is 329 g/mol. The molecule has 8 heteroatoms. The minimum atomic E-state index is -0.358. The van der Waals surface area contributed by atoms with Crippen molar-refractivity contribution in [2.75, 3.05) is 13.2 Å². The van der Waals surface area contributed by atoms with E-state index in [9.17, 15) is 4.79 Å². The Kier molecular flexibility index (Phi) is 5.44. The number of halogens is 2. The summed E-state index contributed by atoms with van der Waals surface area (Å²) in [5, 5.41) is 15.9. The second-order valence-corrected chi connectivity index (χ2v) is 4.83. The van der Waals surface area contributed by atoms with Crippen molar-refractivity contribution in [1.29, 1.82) is 0 Å². The number of ether oxygens (including phenoxy) is 1. The standard InChI is InChI=1S/C13H13Cl2N3O3/c14-9-2-1-3-11(12(9)15)21-8-18-6-4-10(17-18)13(20)16-5-7-19/h1-4,6,19H,5,7-8H2,(H,16,20). The minimum Gasteiger partial charge on any atom is -0.470 e. The molecule has 1 heterocycles. The third kappa shape index (κ3) is 4.10. The lowest BCUT2D eigenvalue weighted by molar-refractivity contribution is 0.0937. The topological polar surface area (TPSA) is 76.4 Å². The fraction of sp³-hybridized carbons (Fsp3) is 0.231. The third-order valence-corrected chi connectivity index (χ3v) is 3.34. The number of amides is 1. The summed E-state index contributed by atoms with van der Waals surface area (Å²) >= 11 is 11.9. The van der Waals surface area contributed by atoms with E-state index in [4.69, 9.17) is 33.0 Å². The van der Waals surface area contributed by atoms with E-state index in [1.165, 1.54) is 4.68 Å². The Morgan fingerprint density at radius 2 is 2.19 bits per heavy atom. The van der Waals surface area contributed by atoms with Crippen LogP contribution in [-0.2, 0) is 6.73 Å². The van der Waals surface area contributed by atoms with Crippen LogP contribution in [0.3, 0.4) is 0 Å². The molecule has 0 atom stereocenters. The first-order valence-electron chi connectivity index (χ1n) is 6.11. The van der Waals surface area contributed by atoms with Gasteiger partial charge in [0.15, 0.2) is 6.73 Å². The normalized spacial score (nSPS) is 10.4. The Bertz CT molecular complexity index is 631. The number of hydrogen-bond acceptors (Lipinski definition) is 4. The van der Waals surface area contributed by atoms with Gasteiger partial charge in [-0.2, -0.15) is 5.10 Å². The molecule has 21 heavy (non-hydrogen) atoms. The van der Waals surface area contributed by atoms with Crippen LogP contribution in [-0.4, -0.2) is 33.9 Å². The number of aliphatic hydroxyl groups excluding tert-OH is 1. The molecule has 0 unspecified atom stereocenters. The Balaban J connectivity index is 1.97. The first-order valence-corrected chi connectivity index (χ1v) is 6.86. The number of benzene rings is 1. The van der Waals surface area contributed by atoms with Crippen LogP contribution in [0.25, 0.3) is 0 Å². The number of aliphatic hydroxyl groups is 1. The molecule has 0 bridgehead atoms. The van der Waals surface area contributed by atoms with Crippen molar-refractivity contribution >= 4 is 29.1 Å². The van der Waals surface area contributed by atoms with Gasteiger partial charge in [0.1, 0.15) is 16.5 Å². The molecule has 0 aliphatic carbocycles. The van der Waals surface area contributed by atoms with Gasteiger partial charge in [-0.1, -0.05) is 29.3 Å². The van der Waals surface area contributed by atoms with Crippen LogP contribution in [0.5, 0.6) is 5.75 Å². The van der Waals surface area contributed by atoms with Crippen molar-refractivity contribution in [1.82, 2.24) is 15.1 Å². The van der Waals surface area contributed by atoms with E-state index < -0.39 is 0 Å². The number of aromatic nitrogens is 2. The predicted octanol–water partition coefficient (Wildman–Crippen LogP) is 1.95. The number of hydrogen-bond donors (Lipinski definition) is 2. The second kappa shape index (κ2) is 7.31. The van der Waals surface area contributed by atoms with E-state index in [2.05, 4.69) is 10.4 Å². The van der Waals surface area contributed by atoms with Crippen molar-refractivity contribution in [3.63, 3.8) is 0 Å². The van der Waals surface area contributed by atoms with Crippen molar-refractivity contribution in [3.8, 4) is 5.75 Å². The van der Waals surface area contributed by atoms with Gasteiger partial charge in [0.2, 0.25) is 0 Å². The highest BCUT2D eigenvalue weighted by Crippen LogP contribution is 2.31. The molecule has 0 saturated heterocycles. The van der Waals surface area contributed by atoms with E-state index in [1.54, 1.807) is 30.5 Å². The summed E-state index contributed by atoms with van der Waals surface area (Å²) in [4.78, 5) is 11.6. The van der Waals surface area contributed by atoms with Crippen LogP contribution in [0.15, 0.2) is 30.5 Å². The highest BCUT2D eigenvalue weighted by atomic mass is 35.5. The highest BCUT2D eigenvalue weighted by Gasteiger charge is 2.09. The Morgan fingerprint density at radius 1 is 1.38 bits per heavy atom. The molecule has 1 amide bonds. The van der Waals surface area contributed by atoms with E-state index in [-0.39, 0.29) is 31.5 Å². The number of carbonyl (C=O) groups is 1. The highest BCUT2D eigenvalue weighted by molar-refractivity contribution is 6.42. The molecule has 2 aromatic rings. The Labute approximate surface area is 131 Å². The summed E-state index contributed by atoms with van der Waals surface area (Å²) in [6.07, 6.45) is 1.60. The largest absolute Gasteiger partial charge is 0.470 e. The molecule has 2 rings (SSSR count). The zero-order valence-corrected chi connectivity index (χ0v) is 12.4. The number of nitrogens with zero attached hydrogens (tertiary/aromatic N) is 2. The maximum absolute atomic E-state index is 11.6. The molecular weight excluding hydrogens is 317 g/mol. The summed E-state index contributed by atoms with van der Waals surface area (Å²) in [6, 6.07) is 6.62. The molecule has 6 nitrogen and oxygen atoms in total. The maximum Gasteiger partial charge on any atom is 0.271 e. The van der Waals surface area contributed by atoms with Gasteiger partial charge in [0, 0.05) is 12.7 Å². The van der Waals surface area contributed by atoms with Gasteiger partial charge >= 0.3 is 0 Å². The first-order chi connectivity index (χ1) is 10.1. The van der Waals surface area contributed by atoms with Crippen LogP contribution in [0.2, 0.25) is 10.0 Å². The van der Waals surface area contributed by atoms with Crippen LogP contribution in [0.4, 0.5) is 0 Å². The predicted molar refractivity (Wildman–Crippen MR) is 78.7 cm³/mol. The summed E-state index contributed by atoms with van der Waals surface area (Å²) in [6.45, 7) is 0.149. The number of rotatable bonds is 6. The molecule has 1 aromatic heterocycles. The van der Waals surface area contributed by atoms with Crippen molar-refractivity contribution in [3.05, 3.63) is 46.2 Å². The average Bonchev–Trinajstić information content (AvgIpc) is 2.95. The maximum atomic E-state index is 11.6. The Morgan fingerprint density at radius 3 is 2.95 bits per heavy atom. The minimum absolute atomic E-state index is 0.0906. The number of carbonyl (C=O) groups excluding carboxylic acids is 1. The number of nitrogens with one attached hydrogen (secondary N) is 1. The molecule has 0 aliphatic heterocycles. The van der Waals surface area contributed by atoms with E-state index in [0.29, 0.717) is 15.8 Å². The molecule has 0 fully saturated rings. The van der Waals surface area contributed by atoms with E-state index >= 15 is 0 Å². The third-order valence-electron chi connectivity index (χ3n) is 2.54. The van der Waals surface area contributed by atoms with E-state index in [1.807, 2.05) is 0 Å². The SMILES string of the molecule is O=C(NCCO)c1ccn(COc2cccc(Cl)c2Cl)n1. The smallest absolute Gasteiger partial charge is 0.271 e. The van der Waals surface area contributed by atoms with Crippen molar-refractivity contribution in [2.24, 2.45) is 0 Å². The lowest BCUT2D eigenvalue weighted by Crippen LogP contribution is -2.26. The summed E-state index contributed by atoms with van der Waals surface area (Å²) in [7, 11) is 0. The molecule has 112 valence electrons. The van der Waals surface area contributed by atoms with Gasteiger partial charge in [0.05, 0.1) is 11.6 Å². The van der Waals surface area contributed by atoms with Crippen LogP contribution in [0.1, 0.15) is 10.5 Å². The zero-order valence-electron chi connectivity index (χ0n) is 10.9. The van der Waals surface area contributed by atoms with E-state index in [0.717, 1.165) is 0 Å². The van der Waals surface area contributed by atoms with Crippen LogP contribution < -0.4 is 10.1 Å². The molecular formula is C13H13Cl2N3O3. The molecule has 0 saturated carbocycles. The van der Waals surface area contributed by atoms with Gasteiger partial charge in [-0.05, 0) is 18.2 Å². The summed E-state index contributed by atoms with van der Waals surface area (Å²) < 4.78 is 6.94. The van der Waals surface area contributed by atoms with Crippen LogP contribution in [0, 0.1) is 0 Å². The van der Waals surface area contributed by atoms with Gasteiger partial charge in [-0.3, -0.25) is 4.79 Å². The fourth-order valence-corrected chi connectivity index (χ4v) is 1.89. The second-order valence-electron chi connectivity index (χ2n) is 4.05. The van der Waals surface area contributed by atoms with Gasteiger partial charge in [0.25, 0.3) is 5.91 Å². The lowest BCUT2D eigenvalue weighted by atomic mass is 10.3. The van der Waals surface area contributed by atoms with Crippen molar-refractivity contribution in [2.45, 2.75) is 6.73 Å². The molecule has 0 radical (unpaired) electrons. The quantitative estimate of drug-likeness (QED) is 0.849. The summed E-state index contributed by atoms with van der Waals surface area (Å²) in [5.41, 5.74) is 0.240. The first kappa shape index (κ1) is 15.6. The fourth-order valence-electron chi connectivity index (χ4n) is 1.55. The van der Waals surface area contributed by atoms with Crippen molar-refractivity contribution < 1.29 is 14.6 Å². The van der Waals surface area contributed by atoms with Gasteiger partial charge in [-0.25, -0.2) is 4.68 Å².